The summed E-state index contributed by atoms with van der Waals surface area (Å²) in [5.74, 6) is -4.59. The smallest absolute Gasteiger partial charge is 0.320 e. The maximum atomic E-state index is 11.6. The first kappa shape index (κ1) is 27.9. The van der Waals surface area contributed by atoms with Gasteiger partial charge >= 0.3 is 23.9 Å². The summed E-state index contributed by atoms with van der Waals surface area (Å²) in [6.45, 7) is -1.44. The number of rotatable bonds is 14. The van der Waals surface area contributed by atoms with Crippen LogP contribution in [-0.2, 0) is 23.9 Å². The first-order valence-electron chi connectivity index (χ1n) is 8.21. The molecule has 13 heteroatoms. The number of hydrogen-bond acceptors (Lipinski definition) is 10. The van der Waals surface area contributed by atoms with Gasteiger partial charge < -0.3 is 35.4 Å². The first-order valence-corrected chi connectivity index (χ1v) is 8.21. The van der Waals surface area contributed by atoms with Crippen molar-refractivity contribution in [2.75, 3.05) is 59.1 Å². The van der Waals surface area contributed by atoms with E-state index in [0.29, 0.717) is 0 Å². The minimum atomic E-state index is -1.25. The number of esters is 1. The highest BCUT2D eigenvalue weighted by atomic mass is 16.5. The van der Waals surface area contributed by atoms with Gasteiger partial charge in [-0.25, -0.2) is 0 Å². The minimum Gasteiger partial charge on any atom is -0.480 e. The fourth-order valence-electron chi connectivity index (χ4n) is 1.75. The summed E-state index contributed by atoms with van der Waals surface area (Å²) < 4.78 is 4.66. The second kappa shape index (κ2) is 16.8. The van der Waals surface area contributed by atoms with Gasteiger partial charge in [0.05, 0.1) is 32.8 Å². The van der Waals surface area contributed by atoms with E-state index in [0.717, 1.165) is 9.80 Å². The third-order valence-corrected chi connectivity index (χ3v) is 2.81. The zero-order valence-electron chi connectivity index (χ0n) is 15.6. The predicted octanol–water partition coefficient (Wildman–Crippen LogP) is -3.26. The van der Waals surface area contributed by atoms with Crippen LogP contribution in [0.15, 0.2) is 0 Å². The van der Waals surface area contributed by atoms with Gasteiger partial charge in [0.15, 0.2) is 0 Å². The Bertz CT molecular complexity index is 471. The summed E-state index contributed by atoms with van der Waals surface area (Å²) in [4.78, 5) is 46.1. The molecule has 0 aromatic carbocycles. The Morgan fingerprint density at radius 1 is 0.821 bits per heavy atom. The lowest BCUT2D eigenvalue weighted by atomic mass is 10.3. The predicted molar refractivity (Wildman–Crippen MR) is 92.6 cm³/mol. The molecule has 28 heavy (non-hydrogen) atoms. The number of hydrogen-bond donors (Lipinski definition) is 6. The van der Waals surface area contributed by atoms with Gasteiger partial charge in [0.1, 0.15) is 12.7 Å². The number of nitrogens with zero attached hydrogens (tertiary/aromatic N) is 2. The summed E-state index contributed by atoms with van der Waals surface area (Å²) in [6.07, 6.45) is -1.25. The van der Waals surface area contributed by atoms with Crippen LogP contribution in [-0.4, -0.2) is 130 Å². The van der Waals surface area contributed by atoms with Crippen LogP contribution in [0.5, 0.6) is 0 Å². The summed E-state index contributed by atoms with van der Waals surface area (Å²) >= 11 is 0. The Hall–Kier alpha value is -2.32. The van der Waals surface area contributed by atoms with E-state index in [1.807, 2.05) is 0 Å². The van der Waals surface area contributed by atoms with E-state index < -0.39 is 69.4 Å². The monoisotopic (exact) mass is 412 g/mol. The van der Waals surface area contributed by atoms with Crippen molar-refractivity contribution >= 4 is 23.9 Å². The van der Waals surface area contributed by atoms with Crippen LogP contribution in [0.3, 0.4) is 0 Å². The lowest BCUT2D eigenvalue weighted by Gasteiger charge is -2.24. The number of aliphatic hydroxyl groups excluding tert-OH is 3. The molecule has 0 radical (unpaired) electrons. The molecular weight excluding hydrogens is 384 g/mol. The molecule has 0 bridgehead atoms. The van der Waals surface area contributed by atoms with Crippen molar-refractivity contribution in [3.8, 4) is 0 Å². The molecule has 6 N–H and O–H groups in total. The molecule has 13 nitrogen and oxygen atoms in total. The molecule has 0 rings (SSSR count). The SMILES string of the molecule is CCO.O=C(O)CN(CCN(CC(=O)O)CC(=O)OCC(O)CO)CC(=O)O. The van der Waals surface area contributed by atoms with Crippen molar-refractivity contribution in [1.82, 2.24) is 9.80 Å². The topological polar surface area (TPSA) is 205 Å². The van der Waals surface area contributed by atoms with Crippen LogP contribution >= 0.6 is 0 Å². The van der Waals surface area contributed by atoms with Gasteiger partial charge in [-0.2, -0.15) is 0 Å². The second-order valence-electron chi connectivity index (χ2n) is 5.44. The summed E-state index contributed by atoms with van der Waals surface area (Å²) in [5, 5.41) is 51.6. The quantitative estimate of drug-likeness (QED) is 0.155. The average Bonchev–Trinajstić information content (AvgIpc) is 2.56. The van der Waals surface area contributed by atoms with Crippen molar-refractivity contribution in [2.24, 2.45) is 0 Å². The Balaban J connectivity index is 0. The Labute approximate surface area is 161 Å². The molecule has 0 heterocycles. The van der Waals surface area contributed by atoms with Gasteiger partial charge in [-0.15, -0.1) is 0 Å². The number of aliphatic carboxylic acids is 3. The summed E-state index contributed by atoms with van der Waals surface area (Å²) in [6, 6.07) is 0. The number of ether oxygens (including phenoxy) is 1. The maximum Gasteiger partial charge on any atom is 0.320 e. The Morgan fingerprint density at radius 2 is 1.18 bits per heavy atom. The fraction of sp³-hybridized carbons (Fsp3) is 0.733. The molecule has 0 saturated carbocycles. The summed E-state index contributed by atoms with van der Waals surface area (Å²) in [7, 11) is 0. The molecule has 0 aliphatic heterocycles. The van der Waals surface area contributed by atoms with Gasteiger partial charge in [-0.1, -0.05) is 0 Å². The van der Waals surface area contributed by atoms with Crippen molar-refractivity contribution in [2.45, 2.75) is 13.0 Å². The number of aliphatic hydroxyl groups is 3. The number of carbonyl (C=O) groups excluding carboxylic acids is 1. The van der Waals surface area contributed by atoms with E-state index >= 15 is 0 Å². The Kier molecular flexibility index (Phi) is 16.8. The van der Waals surface area contributed by atoms with E-state index in [1.54, 1.807) is 6.92 Å². The molecule has 0 aromatic heterocycles. The van der Waals surface area contributed by atoms with Crippen LogP contribution in [0.25, 0.3) is 0 Å². The molecule has 0 amide bonds. The standard InChI is InChI=1S/C13H22N2O10.C2H6O/c16-7-9(17)8-25-13(24)6-15(5-12(22)23)2-1-14(3-10(18)19)4-11(20)21;1-2-3/h9,16-17H,1-8H2,(H,18,19)(H,20,21)(H,22,23);3H,2H2,1H3. The normalized spacial score (nSPS) is 11.5. The minimum absolute atomic E-state index is 0.0927. The van der Waals surface area contributed by atoms with Crippen LogP contribution in [0, 0.1) is 0 Å². The fourth-order valence-corrected chi connectivity index (χ4v) is 1.75. The Morgan fingerprint density at radius 3 is 1.50 bits per heavy atom. The molecule has 0 aromatic rings. The van der Waals surface area contributed by atoms with Gasteiger partial charge in [0, 0.05) is 19.7 Å². The summed E-state index contributed by atoms with van der Waals surface area (Å²) in [5.41, 5.74) is 0. The molecule has 164 valence electrons. The van der Waals surface area contributed by atoms with E-state index in [1.165, 1.54) is 0 Å². The van der Waals surface area contributed by atoms with Gasteiger partial charge in [-0.3, -0.25) is 29.0 Å². The van der Waals surface area contributed by atoms with Crippen LogP contribution in [0.2, 0.25) is 0 Å². The molecule has 1 atom stereocenters. The average molecular weight is 412 g/mol. The highest BCUT2D eigenvalue weighted by Crippen LogP contribution is 1.96. The van der Waals surface area contributed by atoms with Crippen molar-refractivity contribution < 1.29 is 54.6 Å². The van der Waals surface area contributed by atoms with Gasteiger partial charge in [0.25, 0.3) is 0 Å². The molecular formula is C15H28N2O11. The van der Waals surface area contributed by atoms with E-state index in [9.17, 15) is 19.2 Å². The van der Waals surface area contributed by atoms with Crippen molar-refractivity contribution in [3.05, 3.63) is 0 Å². The first-order chi connectivity index (χ1) is 13.0. The second-order valence-corrected chi connectivity index (χ2v) is 5.44. The van der Waals surface area contributed by atoms with E-state index in [4.69, 9.17) is 30.6 Å². The van der Waals surface area contributed by atoms with E-state index in [2.05, 4.69) is 4.74 Å². The zero-order chi connectivity index (χ0) is 22.1. The highest BCUT2D eigenvalue weighted by Gasteiger charge is 2.19. The largest absolute Gasteiger partial charge is 0.480 e. The lowest BCUT2D eigenvalue weighted by molar-refractivity contribution is -0.150. The molecule has 0 aliphatic rings. The van der Waals surface area contributed by atoms with Crippen molar-refractivity contribution in [3.63, 3.8) is 0 Å². The third kappa shape index (κ3) is 18.5. The third-order valence-electron chi connectivity index (χ3n) is 2.81. The van der Waals surface area contributed by atoms with Crippen LogP contribution < -0.4 is 0 Å². The van der Waals surface area contributed by atoms with Crippen LogP contribution in [0.1, 0.15) is 6.92 Å². The van der Waals surface area contributed by atoms with Gasteiger partial charge in [0.2, 0.25) is 0 Å². The number of carboxylic acids is 3. The lowest BCUT2D eigenvalue weighted by Crippen LogP contribution is -2.43. The van der Waals surface area contributed by atoms with Gasteiger partial charge in [-0.05, 0) is 6.92 Å². The van der Waals surface area contributed by atoms with E-state index in [-0.39, 0.29) is 19.7 Å². The van der Waals surface area contributed by atoms with Crippen molar-refractivity contribution in [1.29, 1.82) is 0 Å². The molecule has 0 aliphatic carbocycles. The highest BCUT2D eigenvalue weighted by molar-refractivity contribution is 5.74. The molecule has 0 fully saturated rings. The molecule has 0 spiro atoms. The molecule has 1 unspecified atom stereocenters. The zero-order valence-corrected chi connectivity index (χ0v) is 15.6. The number of carboxylic acid groups (broad SMARTS) is 3. The molecule has 0 saturated heterocycles. The van der Waals surface area contributed by atoms with Crippen LogP contribution in [0.4, 0.5) is 0 Å². The number of carbonyl (C=O) groups is 4. The maximum absolute atomic E-state index is 11.6.